The van der Waals surface area contributed by atoms with Crippen LogP contribution >= 0.6 is 11.6 Å². The van der Waals surface area contributed by atoms with E-state index in [1.807, 2.05) is 57.2 Å². The van der Waals surface area contributed by atoms with Crippen molar-refractivity contribution in [1.29, 1.82) is 0 Å². The van der Waals surface area contributed by atoms with Gasteiger partial charge in [-0.1, -0.05) is 41.9 Å². The topological polar surface area (TPSA) is 66.9 Å². The molecule has 3 aromatic rings. The number of carbonyl (C=O) groups is 1. The maximum atomic E-state index is 12.5. The van der Waals surface area contributed by atoms with E-state index in [0.717, 1.165) is 27.9 Å². The lowest BCUT2D eigenvalue weighted by Crippen LogP contribution is -2.24. The van der Waals surface area contributed by atoms with Gasteiger partial charge in [0.2, 0.25) is 5.95 Å². The second kappa shape index (κ2) is 8.18. The van der Waals surface area contributed by atoms with E-state index in [1.165, 1.54) is 0 Å². The number of carbonyl (C=O) groups excluding carboxylic acids is 1. The number of aryl methyl sites for hydroxylation is 3. The zero-order valence-electron chi connectivity index (χ0n) is 15.5. The fraction of sp³-hybridized carbons (Fsp3) is 0.190. The number of amides is 1. The lowest BCUT2D eigenvalue weighted by atomic mass is 10.1. The van der Waals surface area contributed by atoms with Gasteiger partial charge in [-0.05, 0) is 55.2 Å². The molecule has 0 aliphatic rings. The Kier molecular flexibility index (Phi) is 5.72. The molecule has 1 aromatic heterocycles. The van der Waals surface area contributed by atoms with Crippen LogP contribution in [0.5, 0.6) is 0 Å². The van der Waals surface area contributed by atoms with Crippen LogP contribution in [0.2, 0.25) is 5.02 Å². The Balaban J connectivity index is 1.74. The summed E-state index contributed by atoms with van der Waals surface area (Å²) in [6.45, 7) is 6.40. The maximum absolute atomic E-state index is 12.5. The highest BCUT2D eigenvalue weighted by atomic mass is 35.5. The van der Waals surface area contributed by atoms with E-state index in [4.69, 9.17) is 11.6 Å². The predicted octanol–water partition coefficient (Wildman–Crippen LogP) is 4.73. The lowest BCUT2D eigenvalue weighted by Gasteiger charge is -2.12. The molecule has 0 aliphatic heterocycles. The van der Waals surface area contributed by atoms with Crippen molar-refractivity contribution in [3.05, 3.63) is 81.6 Å². The molecule has 2 N–H and O–H groups in total. The van der Waals surface area contributed by atoms with E-state index < -0.39 is 0 Å². The Morgan fingerprint density at radius 2 is 1.85 bits per heavy atom. The molecule has 0 saturated heterocycles. The smallest absolute Gasteiger partial charge is 0.270 e. The molecule has 2 aromatic carbocycles. The Morgan fingerprint density at radius 3 is 2.59 bits per heavy atom. The van der Waals surface area contributed by atoms with Crippen molar-refractivity contribution >= 4 is 29.1 Å². The van der Waals surface area contributed by atoms with Crippen LogP contribution < -0.4 is 10.6 Å². The molecular weight excluding hydrogens is 360 g/mol. The number of aromatic nitrogens is 2. The Bertz CT molecular complexity index is 964. The summed E-state index contributed by atoms with van der Waals surface area (Å²) in [4.78, 5) is 21.0. The number of hydrogen-bond acceptors (Lipinski definition) is 4. The minimum atomic E-state index is -0.254. The average Bonchev–Trinajstić information content (AvgIpc) is 2.64. The zero-order chi connectivity index (χ0) is 19.4. The maximum Gasteiger partial charge on any atom is 0.270 e. The van der Waals surface area contributed by atoms with Gasteiger partial charge >= 0.3 is 0 Å². The van der Waals surface area contributed by atoms with Crippen molar-refractivity contribution in [1.82, 2.24) is 15.3 Å². The van der Waals surface area contributed by atoms with E-state index in [-0.39, 0.29) is 5.91 Å². The number of rotatable bonds is 5. The standard InChI is InChI=1S/C21H21ClN4O/c1-13-10-15(3)19(17(22)11-13)26-21-23-9-8-18(25-21)20(27)24-12-16-7-5-4-6-14(16)2/h4-11H,12H2,1-3H3,(H,24,27)(H,23,25,26). The van der Waals surface area contributed by atoms with Crippen molar-refractivity contribution in [2.75, 3.05) is 5.32 Å². The van der Waals surface area contributed by atoms with Crippen LogP contribution in [0.15, 0.2) is 48.7 Å². The van der Waals surface area contributed by atoms with Gasteiger partial charge < -0.3 is 10.6 Å². The number of benzene rings is 2. The summed E-state index contributed by atoms with van der Waals surface area (Å²) < 4.78 is 0. The van der Waals surface area contributed by atoms with Gasteiger partial charge in [0.05, 0.1) is 10.7 Å². The van der Waals surface area contributed by atoms with Crippen LogP contribution in [0.3, 0.4) is 0 Å². The monoisotopic (exact) mass is 380 g/mol. The molecule has 27 heavy (non-hydrogen) atoms. The van der Waals surface area contributed by atoms with Gasteiger partial charge in [0.15, 0.2) is 0 Å². The van der Waals surface area contributed by atoms with Crippen LogP contribution in [0.1, 0.15) is 32.7 Å². The second-order valence-corrected chi connectivity index (χ2v) is 6.85. The molecule has 0 radical (unpaired) electrons. The van der Waals surface area contributed by atoms with Gasteiger partial charge in [-0.2, -0.15) is 0 Å². The van der Waals surface area contributed by atoms with E-state index in [9.17, 15) is 4.79 Å². The molecule has 0 unspecified atom stereocenters. The summed E-state index contributed by atoms with van der Waals surface area (Å²) >= 11 is 6.32. The summed E-state index contributed by atoms with van der Waals surface area (Å²) in [5.41, 5.74) is 5.29. The summed E-state index contributed by atoms with van der Waals surface area (Å²) in [5, 5.41) is 6.59. The summed E-state index contributed by atoms with van der Waals surface area (Å²) in [5.74, 6) is 0.0721. The SMILES string of the molecule is Cc1cc(C)c(Nc2nccc(C(=O)NCc3ccccc3C)n2)c(Cl)c1. The van der Waals surface area contributed by atoms with Crippen molar-refractivity contribution in [3.63, 3.8) is 0 Å². The molecule has 3 rings (SSSR count). The van der Waals surface area contributed by atoms with Crippen LogP contribution in [-0.2, 0) is 6.54 Å². The van der Waals surface area contributed by atoms with E-state index in [0.29, 0.717) is 23.2 Å². The van der Waals surface area contributed by atoms with Gasteiger partial charge in [0, 0.05) is 12.7 Å². The summed E-state index contributed by atoms with van der Waals surface area (Å²) in [6.07, 6.45) is 1.55. The molecule has 0 fully saturated rings. The molecule has 0 saturated carbocycles. The van der Waals surface area contributed by atoms with Crippen LogP contribution in [0.4, 0.5) is 11.6 Å². The molecule has 1 amide bonds. The molecule has 0 bridgehead atoms. The fourth-order valence-corrected chi connectivity index (χ4v) is 3.17. The average molecular weight is 381 g/mol. The number of hydrogen-bond donors (Lipinski definition) is 2. The number of anilines is 2. The largest absolute Gasteiger partial charge is 0.347 e. The fourth-order valence-electron chi connectivity index (χ4n) is 2.81. The Morgan fingerprint density at radius 1 is 1.07 bits per heavy atom. The second-order valence-electron chi connectivity index (χ2n) is 6.44. The minimum Gasteiger partial charge on any atom is -0.347 e. The first-order valence-corrected chi connectivity index (χ1v) is 9.01. The van der Waals surface area contributed by atoms with Crippen molar-refractivity contribution in [2.45, 2.75) is 27.3 Å². The first-order chi connectivity index (χ1) is 12.9. The van der Waals surface area contributed by atoms with E-state index in [2.05, 4.69) is 20.6 Å². The highest BCUT2D eigenvalue weighted by molar-refractivity contribution is 6.33. The Hall–Kier alpha value is -2.92. The third kappa shape index (κ3) is 4.63. The van der Waals surface area contributed by atoms with Gasteiger partial charge in [-0.3, -0.25) is 4.79 Å². The van der Waals surface area contributed by atoms with Crippen LogP contribution in [0, 0.1) is 20.8 Å². The molecular formula is C21H21ClN4O. The summed E-state index contributed by atoms with van der Waals surface area (Å²) in [6, 6.07) is 13.4. The van der Waals surface area contributed by atoms with Crippen LogP contribution in [-0.4, -0.2) is 15.9 Å². The lowest BCUT2D eigenvalue weighted by molar-refractivity contribution is 0.0946. The first kappa shape index (κ1) is 18.9. The quantitative estimate of drug-likeness (QED) is 0.671. The van der Waals surface area contributed by atoms with Crippen molar-refractivity contribution in [3.8, 4) is 0 Å². The van der Waals surface area contributed by atoms with E-state index >= 15 is 0 Å². The molecule has 6 heteroatoms. The predicted molar refractivity (Wildman–Crippen MR) is 109 cm³/mol. The third-order valence-corrected chi connectivity index (χ3v) is 4.56. The van der Waals surface area contributed by atoms with Gasteiger partial charge in [-0.15, -0.1) is 0 Å². The van der Waals surface area contributed by atoms with Gasteiger partial charge in [-0.25, -0.2) is 9.97 Å². The van der Waals surface area contributed by atoms with Crippen molar-refractivity contribution in [2.24, 2.45) is 0 Å². The van der Waals surface area contributed by atoms with E-state index in [1.54, 1.807) is 12.3 Å². The first-order valence-electron chi connectivity index (χ1n) is 8.63. The Labute approximate surface area is 163 Å². The van der Waals surface area contributed by atoms with Crippen LogP contribution in [0.25, 0.3) is 0 Å². The van der Waals surface area contributed by atoms with Gasteiger partial charge in [0.1, 0.15) is 5.69 Å². The molecule has 1 heterocycles. The molecule has 0 aliphatic carbocycles. The highest BCUT2D eigenvalue weighted by Gasteiger charge is 2.11. The van der Waals surface area contributed by atoms with Crippen molar-refractivity contribution < 1.29 is 4.79 Å². The third-order valence-electron chi connectivity index (χ3n) is 4.26. The minimum absolute atomic E-state index is 0.254. The number of nitrogens with one attached hydrogen (secondary N) is 2. The number of halogens is 1. The molecule has 5 nitrogen and oxygen atoms in total. The molecule has 0 atom stereocenters. The zero-order valence-corrected chi connectivity index (χ0v) is 16.3. The normalized spacial score (nSPS) is 10.5. The van der Waals surface area contributed by atoms with Gasteiger partial charge in [0.25, 0.3) is 5.91 Å². The molecule has 138 valence electrons. The highest BCUT2D eigenvalue weighted by Crippen LogP contribution is 2.29. The number of nitrogens with zero attached hydrogens (tertiary/aromatic N) is 2. The summed E-state index contributed by atoms with van der Waals surface area (Å²) in [7, 11) is 0. The molecule has 0 spiro atoms.